The molecule has 0 saturated heterocycles. The molecular formula is C8H19OSi. The summed E-state index contributed by atoms with van der Waals surface area (Å²) in [6.07, 6.45) is 0. The molecule has 0 bridgehead atoms. The van der Waals surface area contributed by atoms with Gasteiger partial charge in [-0.25, -0.2) is 5.11 Å². The molecule has 2 heteroatoms. The van der Waals surface area contributed by atoms with Crippen molar-refractivity contribution < 1.29 is 5.11 Å². The van der Waals surface area contributed by atoms with Crippen molar-refractivity contribution >= 4 is 8.07 Å². The lowest BCUT2D eigenvalue weighted by Gasteiger charge is -2.29. The predicted molar refractivity (Wildman–Crippen MR) is 47.3 cm³/mol. The minimum atomic E-state index is -1.35. The van der Waals surface area contributed by atoms with Crippen LogP contribution in [0.15, 0.2) is 0 Å². The van der Waals surface area contributed by atoms with Crippen molar-refractivity contribution in [1.82, 2.24) is 0 Å². The molecule has 1 atom stereocenters. The number of hydrogen-bond acceptors (Lipinski definition) is 0. The largest absolute Gasteiger partial charge is 0.237 e. The van der Waals surface area contributed by atoms with E-state index >= 15 is 0 Å². The van der Waals surface area contributed by atoms with Gasteiger partial charge in [0.1, 0.15) is 0 Å². The number of rotatable bonds is 4. The van der Waals surface area contributed by atoms with Gasteiger partial charge in [0.25, 0.3) is 0 Å². The lowest BCUT2D eigenvalue weighted by Crippen LogP contribution is -2.43. The van der Waals surface area contributed by atoms with Crippen molar-refractivity contribution in [2.75, 3.05) is 0 Å². The quantitative estimate of drug-likeness (QED) is 0.562. The van der Waals surface area contributed by atoms with E-state index in [9.17, 15) is 5.11 Å². The third-order valence-corrected chi connectivity index (χ3v) is 8.92. The maximum atomic E-state index is 11.3. The monoisotopic (exact) mass is 159 g/mol. The molecule has 0 saturated carbocycles. The summed E-state index contributed by atoms with van der Waals surface area (Å²) in [4.78, 5) is 0. The highest BCUT2D eigenvalue weighted by atomic mass is 28.3. The second kappa shape index (κ2) is 4.14. The summed E-state index contributed by atoms with van der Waals surface area (Å²) in [5.41, 5.74) is -0.271. The Labute approximate surface area is 65.5 Å². The molecule has 0 fully saturated rings. The van der Waals surface area contributed by atoms with E-state index in [0.29, 0.717) is 0 Å². The van der Waals surface area contributed by atoms with Gasteiger partial charge in [0, 0.05) is 0 Å². The zero-order valence-corrected chi connectivity index (χ0v) is 8.61. The SMILES string of the molecule is CC[Si](CC)(CC)C(C)[O]. The Morgan fingerprint density at radius 1 is 1.10 bits per heavy atom. The molecule has 1 radical (unpaired) electrons. The fourth-order valence-corrected chi connectivity index (χ4v) is 4.84. The topological polar surface area (TPSA) is 19.9 Å². The van der Waals surface area contributed by atoms with Crippen LogP contribution in [-0.2, 0) is 5.11 Å². The first-order valence-corrected chi connectivity index (χ1v) is 6.98. The minimum absolute atomic E-state index is 0.271. The first-order chi connectivity index (χ1) is 4.63. The lowest BCUT2D eigenvalue weighted by molar-refractivity contribution is 0.161. The van der Waals surface area contributed by atoms with Crippen molar-refractivity contribution in [3.8, 4) is 0 Å². The van der Waals surface area contributed by atoms with E-state index in [-0.39, 0.29) is 5.73 Å². The van der Waals surface area contributed by atoms with Gasteiger partial charge in [-0.2, -0.15) is 0 Å². The van der Waals surface area contributed by atoms with E-state index in [2.05, 4.69) is 20.8 Å². The fourth-order valence-electron chi connectivity index (χ4n) is 1.61. The second-order valence-corrected chi connectivity index (χ2v) is 8.72. The third kappa shape index (κ3) is 1.83. The van der Waals surface area contributed by atoms with Crippen LogP contribution < -0.4 is 0 Å². The second-order valence-electron chi connectivity index (χ2n) is 3.07. The summed E-state index contributed by atoms with van der Waals surface area (Å²) in [6.45, 7) is 8.37. The van der Waals surface area contributed by atoms with Crippen LogP contribution in [0.5, 0.6) is 0 Å². The van der Waals surface area contributed by atoms with Crippen LogP contribution in [0.3, 0.4) is 0 Å². The smallest absolute Gasteiger partial charge is 0.0907 e. The number of hydrogen-bond donors (Lipinski definition) is 0. The summed E-state index contributed by atoms with van der Waals surface area (Å²) in [5.74, 6) is 0. The molecule has 0 amide bonds. The zero-order valence-electron chi connectivity index (χ0n) is 7.61. The third-order valence-electron chi connectivity index (χ3n) is 2.97. The van der Waals surface area contributed by atoms with Crippen molar-refractivity contribution in [3.63, 3.8) is 0 Å². The molecule has 0 N–H and O–H groups in total. The molecule has 61 valence electrons. The standard InChI is InChI=1S/C8H19OSi/c1-5-10(6-2,7-3)8(4)9/h8H,5-7H2,1-4H3. The average molecular weight is 159 g/mol. The first kappa shape index (κ1) is 10.2. The van der Waals surface area contributed by atoms with E-state index in [1.54, 1.807) is 0 Å². The Bertz CT molecular complexity index is 79.0. The molecule has 0 aromatic carbocycles. The van der Waals surface area contributed by atoms with Gasteiger partial charge in [-0.1, -0.05) is 38.9 Å². The van der Waals surface area contributed by atoms with Gasteiger partial charge in [0.2, 0.25) is 0 Å². The van der Waals surface area contributed by atoms with Crippen LogP contribution in [-0.4, -0.2) is 13.8 Å². The van der Waals surface area contributed by atoms with Gasteiger partial charge in [-0.3, -0.25) is 0 Å². The van der Waals surface area contributed by atoms with Gasteiger partial charge in [-0.05, 0) is 6.92 Å². The Balaban J connectivity index is 4.15. The molecule has 0 aliphatic heterocycles. The Kier molecular flexibility index (Phi) is 4.21. The average Bonchev–Trinajstić information content (AvgIpc) is 1.92. The predicted octanol–water partition coefficient (Wildman–Crippen LogP) is 2.85. The van der Waals surface area contributed by atoms with E-state index in [1.807, 2.05) is 6.92 Å². The molecule has 1 unspecified atom stereocenters. The summed E-state index contributed by atoms with van der Waals surface area (Å²) < 4.78 is 0. The van der Waals surface area contributed by atoms with Crippen LogP contribution in [0.4, 0.5) is 0 Å². The van der Waals surface area contributed by atoms with Gasteiger partial charge >= 0.3 is 0 Å². The Morgan fingerprint density at radius 3 is 1.40 bits per heavy atom. The summed E-state index contributed by atoms with van der Waals surface area (Å²) in [7, 11) is -1.35. The molecule has 0 rings (SSSR count). The summed E-state index contributed by atoms with van der Waals surface area (Å²) >= 11 is 0. The van der Waals surface area contributed by atoms with Gasteiger partial charge in [0.15, 0.2) is 0 Å². The molecular weight excluding hydrogens is 140 g/mol. The molecule has 0 aliphatic rings. The van der Waals surface area contributed by atoms with Crippen LogP contribution in [0.25, 0.3) is 0 Å². The van der Waals surface area contributed by atoms with Crippen LogP contribution in [0.1, 0.15) is 27.7 Å². The van der Waals surface area contributed by atoms with Gasteiger partial charge in [0.05, 0.1) is 13.8 Å². The maximum Gasteiger partial charge on any atom is 0.0907 e. The summed E-state index contributed by atoms with van der Waals surface area (Å²) in [6, 6.07) is 3.47. The highest BCUT2D eigenvalue weighted by Crippen LogP contribution is 2.23. The van der Waals surface area contributed by atoms with Gasteiger partial charge < -0.3 is 0 Å². The van der Waals surface area contributed by atoms with E-state index in [0.717, 1.165) is 18.1 Å². The van der Waals surface area contributed by atoms with Gasteiger partial charge in [-0.15, -0.1) is 0 Å². The Hall–Kier alpha value is 0.177. The van der Waals surface area contributed by atoms with Crippen LogP contribution >= 0.6 is 0 Å². The van der Waals surface area contributed by atoms with E-state index < -0.39 is 8.07 Å². The highest BCUT2D eigenvalue weighted by molar-refractivity contribution is 6.80. The normalized spacial score (nSPS) is 15.3. The molecule has 1 nitrogen and oxygen atoms in total. The van der Waals surface area contributed by atoms with Crippen molar-refractivity contribution in [2.24, 2.45) is 0 Å². The molecule has 0 spiro atoms. The summed E-state index contributed by atoms with van der Waals surface area (Å²) in [5, 5.41) is 11.3. The fraction of sp³-hybridized carbons (Fsp3) is 1.00. The Morgan fingerprint density at radius 2 is 1.40 bits per heavy atom. The minimum Gasteiger partial charge on any atom is -0.237 e. The molecule has 0 aliphatic carbocycles. The van der Waals surface area contributed by atoms with Crippen molar-refractivity contribution in [1.29, 1.82) is 0 Å². The maximum absolute atomic E-state index is 11.3. The molecule has 0 heterocycles. The molecule has 0 aromatic heterocycles. The highest BCUT2D eigenvalue weighted by Gasteiger charge is 2.33. The van der Waals surface area contributed by atoms with Crippen LogP contribution in [0.2, 0.25) is 18.1 Å². The lowest BCUT2D eigenvalue weighted by atomic mass is 10.8. The van der Waals surface area contributed by atoms with Crippen LogP contribution in [0, 0.1) is 0 Å². The van der Waals surface area contributed by atoms with Crippen molar-refractivity contribution in [2.45, 2.75) is 51.6 Å². The molecule has 10 heavy (non-hydrogen) atoms. The van der Waals surface area contributed by atoms with E-state index in [4.69, 9.17) is 0 Å². The van der Waals surface area contributed by atoms with E-state index in [1.165, 1.54) is 0 Å². The molecule has 0 aromatic rings. The van der Waals surface area contributed by atoms with Crippen molar-refractivity contribution in [3.05, 3.63) is 0 Å². The first-order valence-electron chi connectivity index (χ1n) is 4.28. The zero-order chi connectivity index (χ0) is 8.20.